The molecule has 1 atom stereocenters. The predicted octanol–water partition coefficient (Wildman–Crippen LogP) is 4.15. The number of anilines is 1. The Kier molecular flexibility index (Phi) is 7.41. The monoisotopic (exact) mass is 355 g/mol. The quantitative estimate of drug-likeness (QED) is 0.538. The van der Waals surface area contributed by atoms with Gasteiger partial charge in [0, 0.05) is 12.1 Å². The number of aryl methyl sites for hydroxylation is 1. The molecule has 2 aromatic carbocycles. The Morgan fingerprint density at radius 1 is 1.04 bits per heavy atom. The number of hydrogen-bond donors (Lipinski definition) is 3. The van der Waals surface area contributed by atoms with Crippen molar-refractivity contribution >= 4 is 28.9 Å². The molecule has 4 nitrogen and oxygen atoms in total. The molecule has 2 aromatic rings. The highest BCUT2D eigenvalue weighted by atomic mass is 32.1. The predicted molar refractivity (Wildman–Crippen MR) is 107 cm³/mol. The van der Waals surface area contributed by atoms with Crippen molar-refractivity contribution in [2.75, 3.05) is 5.32 Å². The van der Waals surface area contributed by atoms with Crippen molar-refractivity contribution in [3.63, 3.8) is 0 Å². The van der Waals surface area contributed by atoms with Gasteiger partial charge in [0.25, 0.3) is 0 Å². The summed E-state index contributed by atoms with van der Waals surface area (Å²) in [6, 6.07) is 18.1. The fourth-order valence-corrected chi connectivity index (χ4v) is 2.55. The van der Waals surface area contributed by atoms with E-state index in [-0.39, 0.29) is 5.91 Å². The highest BCUT2D eigenvalue weighted by molar-refractivity contribution is 7.80. The van der Waals surface area contributed by atoms with Crippen LogP contribution in [0.4, 0.5) is 5.69 Å². The van der Waals surface area contributed by atoms with Gasteiger partial charge in [-0.15, -0.1) is 0 Å². The maximum Gasteiger partial charge on any atom is 0.238 e. The lowest BCUT2D eigenvalue weighted by molar-refractivity contribution is -0.121. The summed E-state index contributed by atoms with van der Waals surface area (Å²) in [6.07, 6.45) is 2.22. The average Bonchev–Trinajstić information content (AvgIpc) is 2.65. The number of nitrogens with one attached hydrogen (secondary N) is 3. The zero-order valence-electron chi connectivity index (χ0n) is 14.7. The molecule has 0 heterocycles. The van der Waals surface area contributed by atoms with E-state index in [4.69, 9.17) is 12.2 Å². The molecule has 3 N–H and O–H groups in total. The first-order valence-electron chi connectivity index (χ1n) is 8.58. The van der Waals surface area contributed by atoms with E-state index in [1.54, 1.807) is 0 Å². The van der Waals surface area contributed by atoms with Crippen LogP contribution in [0.15, 0.2) is 54.6 Å². The van der Waals surface area contributed by atoms with E-state index in [9.17, 15) is 4.79 Å². The molecule has 0 spiro atoms. The molecule has 0 saturated carbocycles. The summed E-state index contributed by atoms with van der Waals surface area (Å²) in [5.74, 6) is 0.447. The van der Waals surface area contributed by atoms with E-state index in [1.807, 2.05) is 42.5 Å². The summed E-state index contributed by atoms with van der Waals surface area (Å²) in [6.45, 7) is 4.38. The largest absolute Gasteiger partial charge is 0.331 e. The van der Waals surface area contributed by atoms with Crippen LogP contribution in [0.25, 0.3) is 0 Å². The van der Waals surface area contributed by atoms with Crippen molar-refractivity contribution in [3.05, 3.63) is 65.7 Å². The SMILES string of the molecule is CC[C@@H](C)c1ccc(NC(=S)NNC(=O)CCc2ccccc2)cc1. The van der Waals surface area contributed by atoms with Gasteiger partial charge < -0.3 is 5.32 Å². The minimum absolute atomic E-state index is 0.0971. The number of hydrazine groups is 1. The molecule has 0 fully saturated rings. The van der Waals surface area contributed by atoms with Crippen LogP contribution in [0.1, 0.15) is 43.7 Å². The molecule has 0 aliphatic rings. The molecule has 0 saturated heterocycles. The molecule has 1 amide bonds. The van der Waals surface area contributed by atoms with Crippen LogP contribution in [-0.2, 0) is 11.2 Å². The summed E-state index contributed by atoms with van der Waals surface area (Å²) in [5.41, 5.74) is 8.69. The van der Waals surface area contributed by atoms with Gasteiger partial charge in [0.15, 0.2) is 5.11 Å². The van der Waals surface area contributed by atoms with Crippen LogP contribution in [0.3, 0.4) is 0 Å². The van der Waals surface area contributed by atoms with Gasteiger partial charge in [-0.25, -0.2) is 0 Å². The number of hydrogen-bond acceptors (Lipinski definition) is 2. The Labute approximate surface area is 155 Å². The Hall–Kier alpha value is -2.40. The molecule has 5 heteroatoms. The Balaban J connectivity index is 1.72. The number of rotatable bonds is 6. The van der Waals surface area contributed by atoms with Crippen LogP contribution < -0.4 is 16.2 Å². The summed E-state index contributed by atoms with van der Waals surface area (Å²) in [4.78, 5) is 11.9. The van der Waals surface area contributed by atoms with Gasteiger partial charge in [-0.2, -0.15) is 0 Å². The van der Waals surface area contributed by atoms with Crippen LogP contribution in [0, 0.1) is 0 Å². The molecule has 132 valence electrons. The Morgan fingerprint density at radius 3 is 2.36 bits per heavy atom. The van der Waals surface area contributed by atoms with Crippen molar-refractivity contribution < 1.29 is 4.79 Å². The average molecular weight is 356 g/mol. The number of thiocarbonyl (C=S) groups is 1. The topological polar surface area (TPSA) is 53.2 Å². The van der Waals surface area contributed by atoms with Crippen LogP contribution >= 0.6 is 12.2 Å². The molecule has 2 rings (SSSR count). The number of carbonyl (C=O) groups is 1. The van der Waals surface area contributed by atoms with Gasteiger partial charge >= 0.3 is 0 Å². The van der Waals surface area contributed by atoms with Crippen molar-refractivity contribution in [1.29, 1.82) is 0 Å². The first-order chi connectivity index (χ1) is 12.1. The Bertz CT molecular complexity index is 686. The number of amides is 1. The third kappa shape index (κ3) is 6.55. The number of benzene rings is 2. The molecule has 0 bridgehead atoms. The fraction of sp³-hybridized carbons (Fsp3) is 0.300. The van der Waals surface area contributed by atoms with E-state index in [0.717, 1.165) is 17.7 Å². The third-order valence-electron chi connectivity index (χ3n) is 4.15. The Morgan fingerprint density at radius 2 is 1.72 bits per heavy atom. The minimum Gasteiger partial charge on any atom is -0.331 e. The van der Waals surface area contributed by atoms with E-state index in [2.05, 4.69) is 42.1 Å². The van der Waals surface area contributed by atoms with Gasteiger partial charge in [-0.1, -0.05) is 56.3 Å². The van der Waals surface area contributed by atoms with Gasteiger partial charge in [-0.3, -0.25) is 15.6 Å². The molecule has 0 aliphatic carbocycles. The molecule has 0 aromatic heterocycles. The van der Waals surface area contributed by atoms with E-state index >= 15 is 0 Å². The highest BCUT2D eigenvalue weighted by Crippen LogP contribution is 2.20. The molecule has 0 radical (unpaired) electrons. The first-order valence-corrected chi connectivity index (χ1v) is 8.99. The number of carbonyl (C=O) groups excluding carboxylic acids is 1. The standard InChI is InChI=1S/C20H25N3OS/c1-3-15(2)17-10-12-18(13-11-17)21-20(25)23-22-19(24)14-9-16-7-5-4-6-8-16/h4-8,10-13,15H,3,9,14H2,1-2H3,(H,22,24)(H2,21,23,25)/t15-/m1/s1. The summed E-state index contributed by atoms with van der Waals surface area (Å²) < 4.78 is 0. The summed E-state index contributed by atoms with van der Waals surface area (Å²) in [7, 11) is 0. The second-order valence-electron chi connectivity index (χ2n) is 6.04. The second-order valence-corrected chi connectivity index (χ2v) is 6.45. The maximum absolute atomic E-state index is 11.9. The lowest BCUT2D eigenvalue weighted by Crippen LogP contribution is -2.43. The first kappa shape index (κ1) is 18.9. The smallest absolute Gasteiger partial charge is 0.238 e. The van der Waals surface area contributed by atoms with Gasteiger partial charge in [0.1, 0.15) is 0 Å². The van der Waals surface area contributed by atoms with Crippen molar-refractivity contribution in [2.45, 2.75) is 39.0 Å². The molecular formula is C20H25N3OS. The van der Waals surface area contributed by atoms with Gasteiger partial charge in [0.2, 0.25) is 5.91 Å². The third-order valence-corrected chi connectivity index (χ3v) is 4.35. The van der Waals surface area contributed by atoms with E-state index < -0.39 is 0 Å². The highest BCUT2D eigenvalue weighted by Gasteiger charge is 2.05. The van der Waals surface area contributed by atoms with Crippen molar-refractivity contribution in [2.24, 2.45) is 0 Å². The molecule has 0 unspecified atom stereocenters. The molecular weight excluding hydrogens is 330 g/mol. The summed E-state index contributed by atoms with van der Waals surface area (Å²) >= 11 is 5.20. The zero-order chi connectivity index (χ0) is 18.1. The van der Waals surface area contributed by atoms with Crippen LogP contribution in [-0.4, -0.2) is 11.0 Å². The van der Waals surface area contributed by atoms with Gasteiger partial charge in [-0.05, 0) is 54.2 Å². The molecule has 0 aliphatic heterocycles. The second kappa shape index (κ2) is 9.79. The summed E-state index contributed by atoms with van der Waals surface area (Å²) in [5, 5.41) is 3.43. The fourth-order valence-electron chi connectivity index (χ4n) is 2.38. The van der Waals surface area contributed by atoms with Crippen molar-refractivity contribution in [3.8, 4) is 0 Å². The normalized spacial score (nSPS) is 11.4. The van der Waals surface area contributed by atoms with Crippen LogP contribution in [0.5, 0.6) is 0 Å². The van der Waals surface area contributed by atoms with E-state index in [0.29, 0.717) is 23.9 Å². The van der Waals surface area contributed by atoms with Crippen LogP contribution in [0.2, 0.25) is 0 Å². The lowest BCUT2D eigenvalue weighted by atomic mass is 9.99. The maximum atomic E-state index is 11.9. The zero-order valence-corrected chi connectivity index (χ0v) is 15.5. The minimum atomic E-state index is -0.0971. The van der Waals surface area contributed by atoms with Crippen molar-refractivity contribution in [1.82, 2.24) is 10.9 Å². The van der Waals surface area contributed by atoms with Gasteiger partial charge in [0.05, 0.1) is 0 Å². The van der Waals surface area contributed by atoms with E-state index in [1.165, 1.54) is 5.56 Å². The molecule has 25 heavy (non-hydrogen) atoms. The lowest BCUT2D eigenvalue weighted by Gasteiger charge is -2.13.